The summed E-state index contributed by atoms with van der Waals surface area (Å²) >= 11 is 0. The monoisotopic (exact) mass is 195 g/mol. The van der Waals surface area contributed by atoms with E-state index in [9.17, 15) is 0 Å². The van der Waals surface area contributed by atoms with Gasteiger partial charge in [-0.25, -0.2) is 5.84 Å². The van der Waals surface area contributed by atoms with Gasteiger partial charge in [0.05, 0.1) is 5.69 Å². The topological polar surface area (TPSA) is 107 Å². The van der Waals surface area contributed by atoms with Crippen LogP contribution < -0.4 is 28.1 Å². The van der Waals surface area contributed by atoms with Crippen LogP contribution in [0, 0.1) is 0 Å². The highest BCUT2D eigenvalue weighted by Gasteiger charge is 2.08. The molecule has 0 aliphatic carbocycles. The molecule has 0 atom stereocenters. The van der Waals surface area contributed by atoms with Crippen LogP contribution in [0.1, 0.15) is 5.56 Å². The lowest BCUT2D eigenvalue weighted by Gasteiger charge is -2.21. The van der Waals surface area contributed by atoms with Crippen LogP contribution in [0.3, 0.4) is 0 Å². The highest BCUT2D eigenvalue weighted by Crippen LogP contribution is 2.23. The van der Waals surface area contributed by atoms with Crippen molar-refractivity contribution in [1.29, 1.82) is 0 Å². The zero-order chi connectivity index (χ0) is 10.6. The molecule has 0 saturated carbocycles. The third-order valence-corrected chi connectivity index (χ3v) is 2.07. The molecule has 0 aromatic heterocycles. The van der Waals surface area contributed by atoms with Crippen LogP contribution in [0.2, 0.25) is 0 Å². The van der Waals surface area contributed by atoms with E-state index in [0.717, 1.165) is 11.3 Å². The van der Waals surface area contributed by atoms with Crippen molar-refractivity contribution in [3.05, 3.63) is 23.8 Å². The lowest BCUT2D eigenvalue weighted by molar-refractivity contribution is 0.824. The van der Waals surface area contributed by atoms with Gasteiger partial charge in [-0.3, -0.25) is 0 Å². The van der Waals surface area contributed by atoms with E-state index in [1.807, 2.05) is 18.2 Å². The first-order chi connectivity index (χ1) is 6.70. The quantitative estimate of drug-likeness (QED) is 0.290. The number of nitrogens with two attached hydrogens (primary N) is 4. The second kappa shape index (κ2) is 4.80. The van der Waals surface area contributed by atoms with Crippen LogP contribution >= 0.6 is 0 Å². The summed E-state index contributed by atoms with van der Waals surface area (Å²) in [6.45, 7) is 1.45. The maximum absolute atomic E-state index is 5.79. The van der Waals surface area contributed by atoms with Gasteiger partial charge in [0.1, 0.15) is 0 Å². The van der Waals surface area contributed by atoms with Crippen molar-refractivity contribution in [3.63, 3.8) is 0 Å². The molecular weight excluding hydrogens is 178 g/mol. The molecule has 0 unspecified atom stereocenters. The summed E-state index contributed by atoms with van der Waals surface area (Å²) in [7, 11) is 0. The summed E-state index contributed by atoms with van der Waals surface area (Å²) in [4.78, 5) is 0. The maximum Gasteiger partial charge on any atom is 0.0583 e. The molecule has 0 heterocycles. The summed E-state index contributed by atoms with van der Waals surface area (Å²) in [5.41, 5.74) is 19.2. The molecular formula is C9H17N5. The summed E-state index contributed by atoms with van der Waals surface area (Å²) in [5.74, 6) is 5.79. The van der Waals surface area contributed by atoms with Gasteiger partial charge in [-0.15, -0.1) is 0 Å². The predicted molar refractivity (Wildman–Crippen MR) is 59.3 cm³/mol. The Hall–Kier alpha value is -1.30. The van der Waals surface area contributed by atoms with E-state index >= 15 is 0 Å². The van der Waals surface area contributed by atoms with Gasteiger partial charge in [-0.2, -0.15) is 0 Å². The fourth-order valence-electron chi connectivity index (χ4n) is 1.34. The molecule has 1 aromatic carbocycles. The zero-order valence-corrected chi connectivity index (χ0v) is 8.11. The van der Waals surface area contributed by atoms with E-state index in [1.165, 1.54) is 0 Å². The van der Waals surface area contributed by atoms with Crippen molar-refractivity contribution in [2.45, 2.75) is 6.54 Å². The van der Waals surface area contributed by atoms with Gasteiger partial charge in [0.25, 0.3) is 0 Å². The fraction of sp³-hybridized carbons (Fsp3) is 0.333. The minimum Gasteiger partial charge on any atom is -0.398 e. The Bertz CT molecular complexity index is 299. The van der Waals surface area contributed by atoms with Gasteiger partial charge in [0.15, 0.2) is 0 Å². The van der Waals surface area contributed by atoms with Gasteiger partial charge in [0, 0.05) is 30.9 Å². The van der Waals surface area contributed by atoms with Crippen LogP contribution in [-0.2, 0) is 6.54 Å². The SMILES string of the molecule is NCCN(N)c1cccc(N)c1CN. The van der Waals surface area contributed by atoms with Gasteiger partial charge in [-0.05, 0) is 12.1 Å². The first-order valence-corrected chi connectivity index (χ1v) is 4.50. The van der Waals surface area contributed by atoms with E-state index in [4.69, 9.17) is 23.0 Å². The molecule has 0 radical (unpaired) electrons. The molecule has 0 aliphatic heterocycles. The highest BCUT2D eigenvalue weighted by molar-refractivity contribution is 5.64. The van der Waals surface area contributed by atoms with Crippen molar-refractivity contribution < 1.29 is 0 Å². The summed E-state index contributed by atoms with van der Waals surface area (Å²) in [6, 6.07) is 5.54. The minimum absolute atomic E-state index is 0.375. The Morgan fingerprint density at radius 3 is 2.50 bits per heavy atom. The van der Waals surface area contributed by atoms with E-state index in [2.05, 4.69) is 0 Å². The maximum atomic E-state index is 5.79. The highest BCUT2D eigenvalue weighted by atomic mass is 15.4. The second-order valence-corrected chi connectivity index (χ2v) is 3.03. The first-order valence-electron chi connectivity index (χ1n) is 4.50. The van der Waals surface area contributed by atoms with Gasteiger partial charge >= 0.3 is 0 Å². The number of rotatable bonds is 4. The zero-order valence-electron chi connectivity index (χ0n) is 8.11. The van der Waals surface area contributed by atoms with Crippen molar-refractivity contribution in [2.24, 2.45) is 17.3 Å². The van der Waals surface area contributed by atoms with Crippen molar-refractivity contribution in [3.8, 4) is 0 Å². The molecule has 1 rings (SSSR count). The van der Waals surface area contributed by atoms with Gasteiger partial charge in [0.2, 0.25) is 0 Å². The number of hydrogen-bond acceptors (Lipinski definition) is 5. The molecule has 5 heteroatoms. The molecule has 0 saturated heterocycles. The summed E-state index contributed by atoms with van der Waals surface area (Å²) in [6.07, 6.45) is 0. The van der Waals surface area contributed by atoms with Crippen molar-refractivity contribution in [2.75, 3.05) is 23.8 Å². The van der Waals surface area contributed by atoms with Crippen LogP contribution in [0.5, 0.6) is 0 Å². The molecule has 5 nitrogen and oxygen atoms in total. The largest absolute Gasteiger partial charge is 0.398 e. The Morgan fingerprint density at radius 2 is 1.93 bits per heavy atom. The third kappa shape index (κ3) is 2.14. The van der Waals surface area contributed by atoms with E-state index in [1.54, 1.807) is 5.01 Å². The lowest BCUT2D eigenvalue weighted by Crippen LogP contribution is -2.36. The van der Waals surface area contributed by atoms with Crippen LogP contribution in [0.15, 0.2) is 18.2 Å². The van der Waals surface area contributed by atoms with E-state index in [-0.39, 0.29) is 0 Å². The number of nitrogen functional groups attached to an aromatic ring is 1. The average molecular weight is 195 g/mol. The second-order valence-electron chi connectivity index (χ2n) is 3.03. The smallest absolute Gasteiger partial charge is 0.0583 e. The predicted octanol–water partition coefficient (Wildman–Crippen LogP) is -0.634. The molecule has 8 N–H and O–H groups in total. The summed E-state index contributed by atoms with van der Waals surface area (Å²) < 4.78 is 0. The number of hydrazine groups is 1. The molecule has 0 aliphatic rings. The normalized spacial score (nSPS) is 10.2. The summed E-state index contributed by atoms with van der Waals surface area (Å²) in [5, 5.41) is 1.57. The number of hydrogen-bond donors (Lipinski definition) is 4. The number of benzene rings is 1. The lowest BCUT2D eigenvalue weighted by atomic mass is 10.1. The van der Waals surface area contributed by atoms with Crippen molar-refractivity contribution in [1.82, 2.24) is 0 Å². The van der Waals surface area contributed by atoms with E-state index in [0.29, 0.717) is 25.3 Å². The molecule has 0 bridgehead atoms. The standard InChI is InChI=1S/C9H17N5/c10-4-5-14(13)9-3-1-2-8(12)7(9)6-11/h1-3H,4-6,10-13H2. The van der Waals surface area contributed by atoms with Gasteiger partial charge in [-0.1, -0.05) is 6.07 Å². The van der Waals surface area contributed by atoms with E-state index < -0.39 is 0 Å². The third-order valence-electron chi connectivity index (χ3n) is 2.07. The van der Waals surface area contributed by atoms with Crippen molar-refractivity contribution >= 4 is 11.4 Å². The van der Waals surface area contributed by atoms with Crippen LogP contribution in [-0.4, -0.2) is 13.1 Å². The first kappa shape index (κ1) is 10.8. The molecule has 0 amide bonds. The Morgan fingerprint density at radius 1 is 1.21 bits per heavy atom. The molecule has 0 spiro atoms. The minimum atomic E-state index is 0.375. The Kier molecular flexibility index (Phi) is 3.70. The Labute approximate surface area is 83.6 Å². The van der Waals surface area contributed by atoms with Crippen LogP contribution in [0.4, 0.5) is 11.4 Å². The van der Waals surface area contributed by atoms with Gasteiger partial charge < -0.3 is 22.2 Å². The Balaban J connectivity index is 3.00. The molecule has 1 aromatic rings. The number of anilines is 2. The number of nitrogens with zero attached hydrogens (tertiary/aromatic N) is 1. The molecule has 14 heavy (non-hydrogen) atoms. The molecule has 0 fully saturated rings. The fourth-order valence-corrected chi connectivity index (χ4v) is 1.34. The van der Waals surface area contributed by atoms with Crippen LogP contribution in [0.25, 0.3) is 0 Å². The molecule has 78 valence electrons. The average Bonchev–Trinajstić information content (AvgIpc) is 2.17.